The number of imidazole rings is 1. The monoisotopic (exact) mass is 456 g/mol. The molecule has 0 atom stereocenters. The van der Waals surface area contributed by atoms with Crippen molar-refractivity contribution in [3.8, 4) is 5.69 Å². The first-order valence-corrected chi connectivity index (χ1v) is 11.0. The molecule has 0 saturated carbocycles. The quantitative estimate of drug-likeness (QED) is 0.393. The van der Waals surface area contributed by atoms with Crippen LogP contribution in [-0.2, 0) is 13.1 Å². The molecular formula is C26H21ClN4O2. The van der Waals surface area contributed by atoms with Gasteiger partial charge in [0, 0.05) is 11.6 Å². The van der Waals surface area contributed by atoms with Crippen LogP contribution in [0.4, 0.5) is 0 Å². The molecule has 7 heteroatoms. The third kappa shape index (κ3) is 3.90. The van der Waals surface area contributed by atoms with E-state index in [-0.39, 0.29) is 12.1 Å². The largest absolute Gasteiger partial charge is 0.337 e. The standard InChI is InChI=1S/C26H21ClN4O2/c1-18-7-5-6-10-20(18)16-29-17-28-24-23(29)25(32)30(15-19-8-3-2-4-9-19)26(33)31(24)22-13-11-21(27)12-14-22/h2-14,17H,15-16H2,1H3. The summed E-state index contributed by atoms with van der Waals surface area (Å²) in [5.41, 5.74) is 3.55. The summed E-state index contributed by atoms with van der Waals surface area (Å²) < 4.78 is 4.56. The van der Waals surface area contributed by atoms with Crippen LogP contribution in [0.3, 0.4) is 0 Å². The summed E-state index contributed by atoms with van der Waals surface area (Å²) in [6.07, 6.45) is 1.62. The van der Waals surface area contributed by atoms with Crippen LogP contribution in [-0.4, -0.2) is 18.7 Å². The van der Waals surface area contributed by atoms with E-state index < -0.39 is 5.69 Å². The molecule has 0 aliphatic heterocycles. The number of aryl methyl sites for hydroxylation is 1. The summed E-state index contributed by atoms with van der Waals surface area (Å²) in [7, 11) is 0. The van der Waals surface area contributed by atoms with Crippen molar-refractivity contribution < 1.29 is 0 Å². The van der Waals surface area contributed by atoms with E-state index in [2.05, 4.69) is 4.98 Å². The fraction of sp³-hybridized carbons (Fsp3) is 0.115. The second-order valence-electron chi connectivity index (χ2n) is 7.94. The summed E-state index contributed by atoms with van der Waals surface area (Å²) in [6.45, 7) is 2.67. The third-order valence-electron chi connectivity index (χ3n) is 5.77. The van der Waals surface area contributed by atoms with E-state index in [0.29, 0.717) is 28.4 Å². The number of aromatic nitrogens is 4. The molecule has 0 bridgehead atoms. The Labute approximate surface area is 195 Å². The van der Waals surface area contributed by atoms with Gasteiger partial charge in [0.25, 0.3) is 5.56 Å². The van der Waals surface area contributed by atoms with Crippen LogP contribution >= 0.6 is 11.6 Å². The molecule has 0 aliphatic carbocycles. The summed E-state index contributed by atoms with van der Waals surface area (Å²) >= 11 is 6.07. The molecule has 0 spiro atoms. The Kier molecular flexibility index (Phi) is 5.44. The highest BCUT2D eigenvalue weighted by Gasteiger charge is 2.20. The number of benzene rings is 3. The molecular weight excluding hydrogens is 436 g/mol. The van der Waals surface area contributed by atoms with E-state index in [0.717, 1.165) is 16.7 Å². The zero-order valence-electron chi connectivity index (χ0n) is 18.0. The van der Waals surface area contributed by atoms with Gasteiger partial charge in [-0.1, -0.05) is 66.2 Å². The fourth-order valence-electron chi connectivity index (χ4n) is 4.00. The second-order valence-corrected chi connectivity index (χ2v) is 8.38. The molecule has 2 heterocycles. The maximum Gasteiger partial charge on any atom is 0.337 e. The van der Waals surface area contributed by atoms with E-state index >= 15 is 0 Å². The van der Waals surface area contributed by atoms with Gasteiger partial charge < -0.3 is 4.57 Å². The third-order valence-corrected chi connectivity index (χ3v) is 6.02. The van der Waals surface area contributed by atoms with Crippen molar-refractivity contribution in [2.24, 2.45) is 0 Å². The molecule has 5 aromatic rings. The lowest BCUT2D eigenvalue weighted by atomic mass is 10.1. The van der Waals surface area contributed by atoms with E-state index in [9.17, 15) is 9.59 Å². The van der Waals surface area contributed by atoms with Crippen molar-refractivity contribution in [3.63, 3.8) is 0 Å². The average Bonchev–Trinajstić information content (AvgIpc) is 3.23. The molecule has 5 rings (SSSR count). The molecule has 0 N–H and O–H groups in total. The van der Waals surface area contributed by atoms with Gasteiger partial charge in [0.15, 0.2) is 11.2 Å². The van der Waals surface area contributed by atoms with E-state index in [4.69, 9.17) is 11.6 Å². The number of hydrogen-bond acceptors (Lipinski definition) is 3. The molecule has 0 radical (unpaired) electrons. The molecule has 0 saturated heterocycles. The van der Waals surface area contributed by atoms with Gasteiger partial charge in [-0.2, -0.15) is 0 Å². The lowest BCUT2D eigenvalue weighted by molar-refractivity contribution is 0.677. The van der Waals surface area contributed by atoms with E-state index in [1.807, 2.05) is 66.1 Å². The maximum absolute atomic E-state index is 13.6. The van der Waals surface area contributed by atoms with Crippen molar-refractivity contribution in [2.45, 2.75) is 20.0 Å². The molecule has 0 fully saturated rings. The van der Waals surface area contributed by atoms with Crippen LogP contribution in [0, 0.1) is 6.92 Å². The fourth-order valence-corrected chi connectivity index (χ4v) is 4.13. The number of nitrogens with zero attached hydrogens (tertiary/aromatic N) is 4. The van der Waals surface area contributed by atoms with Crippen LogP contribution in [0.15, 0.2) is 94.8 Å². The molecule has 2 aromatic heterocycles. The number of hydrogen-bond donors (Lipinski definition) is 0. The highest BCUT2D eigenvalue weighted by Crippen LogP contribution is 2.18. The van der Waals surface area contributed by atoms with Gasteiger partial charge in [-0.3, -0.25) is 9.36 Å². The van der Waals surface area contributed by atoms with Crippen LogP contribution < -0.4 is 11.2 Å². The van der Waals surface area contributed by atoms with Crippen LogP contribution in [0.2, 0.25) is 5.02 Å². The lowest BCUT2D eigenvalue weighted by Crippen LogP contribution is -2.40. The maximum atomic E-state index is 13.6. The minimum absolute atomic E-state index is 0.164. The number of rotatable bonds is 5. The Bertz CT molecular complexity index is 1560. The summed E-state index contributed by atoms with van der Waals surface area (Å²) in [6, 6.07) is 24.4. The topological polar surface area (TPSA) is 61.8 Å². The van der Waals surface area contributed by atoms with Crippen molar-refractivity contribution in [1.82, 2.24) is 18.7 Å². The van der Waals surface area contributed by atoms with Gasteiger partial charge in [-0.05, 0) is 47.9 Å². The van der Waals surface area contributed by atoms with Gasteiger partial charge >= 0.3 is 5.69 Å². The highest BCUT2D eigenvalue weighted by atomic mass is 35.5. The Morgan fingerprint density at radius 3 is 2.27 bits per heavy atom. The Morgan fingerprint density at radius 1 is 0.848 bits per heavy atom. The molecule has 3 aromatic carbocycles. The van der Waals surface area contributed by atoms with Crippen LogP contribution in [0.25, 0.3) is 16.9 Å². The van der Waals surface area contributed by atoms with Gasteiger partial charge in [0.05, 0.1) is 18.6 Å². The Morgan fingerprint density at radius 2 is 1.55 bits per heavy atom. The zero-order valence-corrected chi connectivity index (χ0v) is 18.7. The Hall–Kier alpha value is -3.90. The van der Waals surface area contributed by atoms with Crippen LogP contribution in [0.5, 0.6) is 0 Å². The minimum Gasteiger partial charge on any atom is -0.320 e. The summed E-state index contributed by atoms with van der Waals surface area (Å²) in [5, 5.41) is 0.561. The Balaban J connectivity index is 1.77. The first-order valence-electron chi connectivity index (χ1n) is 10.6. The lowest BCUT2D eigenvalue weighted by Gasteiger charge is -2.13. The normalized spacial score (nSPS) is 11.2. The molecule has 164 valence electrons. The predicted molar refractivity (Wildman–Crippen MR) is 130 cm³/mol. The number of halogens is 1. The summed E-state index contributed by atoms with van der Waals surface area (Å²) in [4.78, 5) is 31.7. The van der Waals surface area contributed by atoms with Gasteiger partial charge in [-0.15, -0.1) is 0 Å². The second kappa shape index (κ2) is 8.56. The molecule has 0 unspecified atom stereocenters. The molecule has 33 heavy (non-hydrogen) atoms. The average molecular weight is 457 g/mol. The van der Waals surface area contributed by atoms with Crippen LogP contribution in [0.1, 0.15) is 16.7 Å². The highest BCUT2D eigenvalue weighted by molar-refractivity contribution is 6.30. The van der Waals surface area contributed by atoms with E-state index in [1.54, 1.807) is 30.6 Å². The van der Waals surface area contributed by atoms with Crippen molar-refractivity contribution in [1.29, 1.82) is 0 Å². The minimum atomic E-state index is -0.445. The smallest absolute Gasteiger partial charge is 0.320 e. The number of fused-ring (bicyclic) bond motifs is 1. The molecule has 0 aliphatic rings. The first kappa shape index (κ1) is 21.0. The van der Waals surface area contributed by atoms with Gasteiger partial charge in [0.2, 0.25) is 0 Å². The van der Waals surface area contributed by atoms with Crippen molar-refractivity contribution >= 4 is 22.8 Å². The van der Waals surface area contributed by atoms with Crippen molar-refractivity contribution in [2.75, 3.05) is 0 Å². The van der Waals surface area contributed by atoms with Gasteiger partial charge in [-0.25, -0.2) is 14.3 Å². The van der Waals surface area contributed by atoms with Gasteiger partial charge in [0.1, 0.15) is 0 Å². The zero-order chi connectivity index (χ0) is 22.9. The predicted octanol–water partition coefficient (Wildman–Crippen LogP) is 4.41. The first-order chi connectivity index (χ1) is 16.0. The summed E-state index contributed by atoms with van der Waals surface area (Å²) in [5.74, 6) is 0. The van der Waals surface area contributed by atoms with E-state index in [1.165, 1.54) is 9.13 Å². The van der Waals surface area contributed by atoms with Crippen molar-refractivity contribution in [3.05, 3.63) is 128 Å². The molecule has 6 nitrogen and oxygen atoms in total. The SMILES string of the molecule is Cc1ccccc1Cn1cnc2c1c(=O)n(Cc1ccccc1)c(=O)n2-c1ccc(Cl)cc1. The molecule has 0 amide bonds.